The van der Waals surface area contributed by atoms with E-state index in [0.29, 0.717) is 17.2 Å². The standard InChI is InChI=1S/C16H16F3N3O2S/c1-3-25(23,24)13-7-5-4-6-11(13)14-21-12-8-10(16(17,18)19)9-20-15(12)22(14)2/h4-8,20H,3,9H2,1-2H3. The van der Waals surface area contributed by atoms with Gasteiger partial charge in [-0.05, 0) is 18.2 Å². The molecule has 1 N–H and O–H groups in total. The van der Waals surface area contributed by atoms with Gasteiger partial charge in [-0.25, -0.2) is 13.4 Å². The number of hydrogen-bond donors (Lipinski definition) is 1. The number of halogens is 3. The monoisotopic (exact) mass is 371 g/mol. The molecule has 1 aromatic heterocycles. The molecule has 2 heterocycles. The van der Waals surface area contributed by atoms with Crippen LogP contribution in [-0.4, -0.2) is 36.4 Å². The number of nitrogens with one attached hydrogen (secondary N) is 1. The second-order valence-corrected chi connectivity index (χ2v) is 7.90. The topological polar surface area (TPSA) is 64.0 Å². The minimum atomic E-state index is -4.44. The Morgan fingerprint density at radius 2 is 1.96 bits per heavy atom. The lowest BCUT2D eigenvalue weighted by molar-refractivity contribution is -0.0909. The van der Waals surface area contributed by atoms with Gasteiger partial charge < -0.3 is 9.88 Å². The highest BCUT2D eigenvalue weighted by Crippen LogP contribution is 2.36. The third kappa shape index (κ3) is 3.04. The summed E-state index contributed by atoms with van der Waals surface area (Å²) in [6.45, 7) is 1.18. The molecule has 0 atom stereocenters. The summed E-state index contributed by atoms with van der Waals surface area (Å²) in [5.41, 5.74) is -0.219. The third-order valence-corrected chi connectivity index (χ3v) is 5.87. The van der Waals surface area contributed by atoms with Crippen LogP contribution >= 0.6 is 0 Å². The Hall–Kier alpha value is -2.29. The third-order valence-electron chi connectivity index (χ3n) is 4.09. The van der Waals surface area contributed by atoms with E-state index < -0.39 is 21.6 Å². The largest absolute Gasteiger partial charge is 0.414 e. The Kier molecular flexibility index (Phi) is 4.14. The first-order chi connectivity index (χ1) is 11.6. The number of nitrogens with zero attached hydrogens (tertiary/aromatic N) is 2. The van der Waals surface area contributed by atoms with Gasteiger partial charge in [-0.3, -0.25) is 0 Å². The Balaban J connectivity index is 2.18. The fourth-order valence-electron chi connectivity index (χ4n) is 2.73. The second-order valence-electron chi connectivity index (χ2n) is 5.65. The number of aromatic nitrogens is 2. The zero-order valence-electron chi connectivity index (χ0n) is 13.6. The maximum absolute atomic E-state index is 12.9. The minimum Gasteiger partial charge on any atom is -0.366 e. The highest BCUT2D eigenvalue weighted by molar-refractivity contribution is 7.91. The molecule has 0 aliphatic carbocycles. The van der Waals surface area contributed by atoms with E-state index >= 15 is 0 Å². The van der Waals surface area contributed by atoms with Crippen LogP contribution in [-0.2, 0) is 16.9 Å². The molecule has 5 nitrogen and oxygen atoms in total. The molecule has 9 heteroatoms. The highest BCUT2D eigenvalue weighted by atomic mass is 32.2. The van der Waals surface area contributed by atoms with Crippen LogP contribution in [0.3, 0.4) is 0 Å². The Bertz CT molecular complexity index is 959. The second kappa shape index (κ2) is 5.91. The van der Waals surface area contributed by atoms with E-state index in [9.17, 15) is 21.6 Å². The first-order valence-electron chi connectivity index (χ1n) is 7.55. The lowest BCUT2D eigenvalue weighted by Gasteiger charge is -2.18. The van der Waals surface area contributed by atoms with E-state index in [2.05, 4.69) is 10.3 Å². The molecule has 1 aliphatic heterocycles. The van der Waals surface area contributed by atoms with Crippen molar-refractivity contribution in [3.8, 4) is 11.4 Å². The maximum Gasteiger partial charge on any atom is 0.414 e. The van der Waals surface area contributed by atoms with Crippen LogP contribution in [0.5, 0.6) is 0 Å². The van der Waals surface area contributed by atoms with Crippen molar-refractivity contribution in [3.05, 3.63) is 35.5 Å². The van der Waals surface area contributed by atoms with Gasteiger partial charge >= 0.3 is 6.18 Å². The molecule has 1 aromatic carbocycles. The van der Waals surface area contributed by atoms with Crippen LogP contribution in [0, 0.1) is 0 Å². The number of benzene rings is 1. The zero-order chi connectivity index (χ0) is 18.4. The van der Waals surface area contributed by atoms with Crippen LogP contribution < -0.4 is 5.32 Å². The number of hydrogen-bond acceptors (Lipinski definition) is 4. The number of imidazole rings is 1. The maximum atomic E-state index is 12.9. The van der Waals surface area contributed by atoms with Crippen molar-refractivity contribution in [2.24, 2.45) is 7.05 Å². The lowest BCUT2D eigenvalue weighted by Crippen LogP contribution is -2.23. The number of sulfone groups is 1. The van der Waals surface area contributed by atoms with Crippen molar-refractivity contribution in [2.75, 3.05) is 17.6 Å². The van der Waals surface area contributed by atoms with E-state index in [1.165, 1.54) is 13.0 Å². The fourth-order valence-corrected chi connectivity index (χ4v) is 3.82. The Morgan fingerprint density at radius 3 is 2.60 bits per heavy atom. The van der Waals surface area contributed by atoms with Gasteiger partial charge in [0.05, 0.1) is 16.2 Å². The van der Waals surface area contributed by atoms with Crippen LogP contribution in [0.2, 0.25) is 0 Å². The summed E-state index contributed by atoms with van der Waals surface area (Å²) >= 11 is 0. The molecule has 2 aromatic rings. The first-order valence-corrected chi connectivity index (χ1v) is 9.21. The quantitative estimate of drug-likeness (QED) is 0.900. The van der Waals surface area contributed by atoms with Crippen LogP contribution in [0.1, 0.15) is 12.6 Å². The summed E-state index contributed by atoms with van der Waals surface area (Å²) in [5, 5.41) is 2.71. The summed E-state index contributed by atoms with van der Waals surface area (Å²) in [6, 6.07) is 6.36. The van der Waals surface area contributed by atoms with Gasteiger partial charge in [0, 0.05) is 19.2 Å². The first kappa shape index (κ1) is 17.5. The van der Waals surface area contributed by atoms with E-state index in [0.717, 1.165) is 6.08 Å². The number of rotatable bonds is 3. The van der Waals surface area contributed by atoms with E-state index in [-0.39, 0.29) is 22.9 Å². The van der Waals surface area contributed by atoms with E-state index in [4.69, 9.17) is 0 Å². The molecule has 0 fully saturated rings. The molecule has 1 aliphatic rings. The van der Waals surface area contributed by atoms with Crippen LogP contribution in [0.15, 0.2) is 34.7 Å². The summed E-state index contributed by atoms with van der Waals surface area (Å²) in [4.78, 5) is 4.37. The molecule has 0 amide bonds. The molecule has 25 heavy (non-hydrogen) atoms. The van der Waals surface area contributed by atoms with Gasteiger partial charge in [-0.2, -0.15) is 13.2 Å². The molecule has 3 rings (SSSR count). The number of fused-ring (bicyclic) bond motifs is 1. The predicted molar refractivity (Wildman–Crippen MR) is 88.9 cm³/mol. The van der Waals surface area contributed by atoms with Crippen LogP contribution in [0.25, 0.3) is 17.5 Å². The average Bonchev–Trinajstić information content (AvgIpc) is 2.90. The molecule has 0 bridgehead atoms. The van der Waals surface area contributed by atoms with Crippen molar-refractivity contribution >= 4 is 21.7 Å². The summed E-state index contributed by atoms with van der Waals surface area (Å²) in [7, 11) is -1.86. The molecule has 0 saturated heterocycles. The van der Waals surface area contributed by atoms with Gasteiger partial charge in [0.2, 0.25) is 0 Å². The molecule has 0 radical (unpaired) electrons. The Labute approximate surface area is 143 Å². The zero-order valence-corrected chi connectivity index (χ0v) is 14.4. The van der Waals surface area contributed by atoms with E-state index in [1.54, 1.807) is 29.8 Å². The fraction of sp³-hybridized carbons (Fsp3) is 0.312. The van der Waals surface area contributed by atoms with Gasteiger partial charge in [-0.1, -0.05) is 19.1 Å². The molecule has 0 unspecified atom stereocenters. The summed E-state index contributed by atoms with van der Waals surface area (Å²) < 4.78 is 64.9. The molecular formula is C16H16F3N3O2S. The Morgan fingerprint density at radius 1 is 1.28 bits per heavy atom. The highest BCUT2D eigenvalue weighted by Gasteiger charge is 2.36. The van der Waals surface area contributed by atoms with Gasteiger partial charge in [0.15, 0.2) is 9.84 Å². The number of anilines is 1. The van der Waals surface area contributed by atoms with Crippen molar-refractivity contribution < 1.29 is 21.6 Å². The van der Waals surface area contributed by atoms with E-state index in [1.807, 2.05) is 0 Å². The van der Waals surface area contributed by atoms with Crippen LogP contribution in [0.4, 0.5) is 19.0 Å². The van der Waals surface area contributed by atoms with Crippen molar-refractivity contribution in [2.45, 2.75) is 18.0 Å². The SMILES string of the molecule is CCS(=O)(=O)c1ccccc1-c1nc2c(n1C)NCC(C(F)(F)F)=C2. The normalized spacial score (nSPS) is 14.7. The smallest absolute Gasteiger partial charge is 0.366 e. The average molecular weight is 371 g/mol. The molecule has 0 saturated carbocycles. The summed E-state index contributed by atoms with van der Waals surface area (Å²) in [5.74, 6) is 0.640. The van der Waals surface area contributed by atoms with Gasteiger partial charge in [0.1, 0.15) is 17.3 Å². The van der Waals surface area contributed by atoms with Gasteiger partial charge in [0.25, 0.3) is 0 Å². The minimum absolute atomic E-state index is 0.0788. The van der Waals surface area contributed by atoms with Crippen molar-refractivity contribution in [1.29, 1.82) is 0 Å². The lowest BCUT2D eigenvalue weighted by atomic mass is 10.1. The van der Waals surface area contributed by atoms with Crippen molar-refractivity contribution in [1.82, 2.24) is 9.55 Å². The molecular weight excluding hydrogens is 355 g/mol. The summed E-state index contributed by atoms with van der Waals surface area (Å²) in [6.07, 6.45) is -3.45. The number of alkyl halides is 3. The molecule has 134 valence electrons. The van der Waals surface area contributed by atoms with Gasteiger partial charge in [-0.15, -0.1) is 0 Å². The predicted octanol–water partition coefficient (Wildman–Crippen LogP) is 3.25. The molecule has 0 spiro atoms. The van der Waals surface area contributed by atoms with Crippen molar-refractivity contribution in [3.63, 3.8) is 0 Å².